The van der Waals surface area contributed by atoms with Crippen molar-refractivity contribution in [3.05, 3.63) is 39.6 Å². The Kier molecular flexibility index (Phi) is 7.05. The summed E-state index contributed by atoms with van der Waals surface area (Å²) in [6, 6.07) is 3.15. The van der Waals surface area contributed by atoms with Gasteiger partial charge in [0.25, 0.3) is 11.6 Å². The van der Waals surface area contributed by atoms with Crippen LogP contribution in [-0.2, 0) is 19.6 Å². The van der Waals surface area contributed by atoms with Gasteiger partial charge in [0.2, 0.25) is 16.4 Å². The lowest BCUT2D eigenvalue weighted by atomic mass is 10.1. The fourth-order valence-electron chi connectivity index (χ4n) is 3.19. The molecule has 0 aliphatic carbocycles. The third-order valence-electron chi connectivity index (χ3n) is 4.85. The number of piperazine rings is 1. The summed E-state index contributed by atoms with van der Waals surface area (Å²) in [7, 11) is -3.50. The zero-order valence-corrected chi connectivity index (χ0v) is 17.7. The molecule has 2 heterocycles. The van der Waals surface area contributed by atoms with Crippen LogP contribution in [0.15, 0.2) is 23.9 Å². The Morgan fingerprint density at radius 3 is 2.47 bits per heavy atom. The molecule has 0 atom stereocenters. The maximum absolute atomic E-state index is 12.4. The summed E-state index contributed by atoms with van der Waals surface area (Å²) < 4.78 is 31.7. The van der Waals surface area contributed by atoms with Gasteiger partial charge in [-0.3, -0.25) is 25.0 Å². The number of carbonyl (C=O) groups is 3. The normalized spacial score (nSPS) is 18.4. The molecule has 13 nitrogen and oxygen atoms in total. The van der Waals surface area contributed by atoms with Gasteiger partial charge in [0.15, 0.2) is 0 Å². The van der Waals surface area contributed by atoms with E-state index in [0.29, 0.717) is 19.5 Å². The number of nitrogens with zero attached hydrogens (tertiary/aromatic N) is 3. The van der Waals surface area contributed by atoms with Crippen LogP contribution in [0, 0.1) is 10.1 Å². The number of nitro benzene ring substituents is 1. The molecule has 172 valence electrons. The first-order valence-corrected chi connectivity index (χ1v) is 11.2. The van der Waals surface area contributed by atoms with E-state index < -0.39 is 26.9 Å². The molecule has 32 heavy (non-hydrogen) atoms. The number of hydrogen-bond acceptors (Lipinski definition) is 8. The monoisotopic (exact) mass is 467 g/mol. The molecule has 3 rings (SSSR count). The molecule has 1 aromatic carbocycles. The van der Waals surface area contributed by atoms with Gasteiger partial charge in [0.05, 0.1) is 22.8 Å². The molecule has 0 aromatic heterocycles. The summed E-state index contributed by atoms with van der Waals surface area (Å²) in [5.74, 6) is -0.622. The molecule has 14 heteroatoms. The van der Waals surface area contributed by atoms with E-state index in [9.17, 15) is 32.9 Å². The fourth-order valence-corrected chi connectivity index (χ4v) is 4.65. The highest BCUT2D eigenvalue weighted by atomic mass is 32.2. The first kappa shape index (κ1) is 23.1. The smallest absolute Gasteiger partial charge is 0.326 e. The predicted molar refractivity (Wildman–Crippen MR) is 111 cm³/mol. The van der Waals surface area contributed by atoms with Gasteiger partial charge in [-0.15, -0.1) is 0 Å². The van der Waals surface area contributed by atoms with Crippen molar-refractivity contribution in [1.82, 2.24) is 19.8 Å². The highest BCUT2D eigenvalue weighted by molar-refractivity contribution is 7.89. The van der Waals surface area contributed by atoms with Crippen molar-refractivity contribution in [3.8, 4) is 5.75 Å². The van der Waals surface area contributed by atoms with Crippen LogP contribution >= 0.6 is 0 Å². The molecule has 2 fully saturated rings. The summed E-state index contributed by atoms with van der Waals surface area (Å²) in [4.78, 5) is 45.8. The predicted octanol–water partition coefficient (Wildman–Crippen LogP) is -0.352. The minimum absolute atomic E-state index is 0.0403. The highest BCUT2D eigenvalue weighted by Crippen LogP contribution is 2.26. The summed E-state index contributed by atoms with van der Waals surface area (Å²) in [6.07, 6.45) is 2.04. The number of nitro groups is 1. The van der Waals surface area contributed by atoms with Crippen LogP contribution in [-0.4, -0.2) is 79.4 Å². The van der Waals surface area contributed by atoms with Crippen molar-refractivity contribution in [2.24, 2.45) is 0 Å². The second kappa shape index (κ2) is 9.74. The van der Waals surface area contributed by atoms with Gasteiger partial charge in [-0.2, -0.15) is 4.31 Å². The molecule has 2 aliphatic heterocycles. The Morgan fingerprint density at radius 1 is 1.16 bits per heavy atom. The number of ether oxygens (including phenoxy) is 1. The van der Waals surface area contributed by atoms with Crippen LogP contribution in [0.25, 0.3) is 6.08 Å². The molecule has 0 unspecified atom stereocenters. The third-order valence-corrected chi connectivity index (χ3v) is 6.80. The summed E-state index contributed by atoms with van der Waals surface area (Å²) in [5.41, 5.74) is -0.396. The fraction of sp³-hybridized carbons (Fsp3) is 0.389. The Morgan fingerprint density at radius 2 is 1.88 bits per heavy atom. The van der Waals surface area contributed by atoms with Crippen molar-refractivity contribution in [1.29, 1.82) is 0 Å². The first-order valence-electron chi connectivity index (χ1n) is 9.62. The van der Waals surface area contributed by atoms with E-state index in [4.69, 9.17) is 4.74 Å². The number of nitrogens with one attached hydrogen (secondary N) is 2. The Bertz CT molecular complexity index is 1060. The largest absolute Gasteiger partial charge is 0.494 e. The average molecular weight is 467 g/mol. The number of urea groups is 1. The number of sulfonamides is 1. The summed E-state index contributed by atoms with van der Waals surface area (Å²) >= 11 is 0. The second-order valence-electron chi connectivity index (χ2n) is 7.00. The van der Waals surface area contributed by atoms with Crippen molar-refractivity contribution >= 4 is 40.1 Å². The second-order valence-corrected chi connectivity index (χ2v) is 9.09. The van der Waals surface area contributed by atoms with E-state index in [1.54, 1.807) is 0 Å². The Hall–Kier alpha value is -3.52. The van der Waals surface area contributed by atoms with Crippen LogP contribution < -0.4 is 15.4 Å². The molecule has 0 radical (unpaired) electrons. The maximum Gasteiger partial charge on any atom is 0.326 e. The van der Waals surface area contributed by atoms with E-state index >= 15 is 0 Å². The van der Waals surface area contributed by atoms with Crippen molar-refractivity contribution in [3.63, 3.8) is 0 Å². The van der Waals surface area contributed by atoms with Crippen LogP contribution in [0.5, 0.6) is 5.75 Å². The minimum Gasteiger partial charge on any atom is -0.494 e. The molecule has 0 saturated carbocycles. The van der Waals surface area contributed by atoms with Gasteiger partial charge in [-0.25, -0.2) is 13.2 Å². The topological polar surface area (TPSA) is 168 Å². The van der Waals surface area contributed by atoms with Crippen LogP contribution in [0.1, 0.15) is 12.0 Å². The zero-order valence-electron chi connectivity index (χ0n) is 16.9. The van der Waals surface area contributed by atoms with Crippen molar-refractivity contribution in [2.75, 3.05) is 38.5 Å². The van der Waals surface area contributed by atoms with E-state index in [1.165, 1.54) is 27.4 Å². The van der Waals surface area contributed by atoms with Crippen molar-refractivity contribution in [2.45, 2.75) is 6.42 Å². The van der Waals surface area contributed by atoms with Gasteiger partial charge in [0.1, 0.15) is 11.4 Å². The minimum atomic E-state index is -3.50. The van der Waals surface area contributed by atoms with E-state index in [-0.39, 0.29) is 54.6 Å². The Labute approximate surface area is 183 Å². The van der Waals surface area contributed by atoms with Crippen LogP contribution in [0.4, 0.5) is 10.5 Å². The SMILES string of the molecule is O=CN1CCN(S(=O)(=O)CCCOc2ccc([N+](=O)[O-])c(C=C3NC(=O)NC3=O)c2)CC1. The van der Waals surface area contributed by atoms with Gasteiger partial charge in [-0.1, -0.05) is 0 Å². The van der Waals surface area contributed by atoms with E-state index in [2.05, 4.69) is 5.32 Å². The third kappa shape index (κ3) is 5.59. The first-order chi connectivity index (χ1) is 15.2. The zero-order chi connectivity index (χ0) is 23.3. The van der Waals surface area contributed by atoms with Gasteiger partial charge < -0.3 is 15.0 Å². The van der Waals surface area contributed by atoms with E-state index in [1.807, 2.05) is 5.32 Å². The Balaban J connectivity index is 1.60. The molecule has 2 aliphatic rings. The molecule has 1 aromatic rings. The number of imide groups is 1. The number of benzene rings is 1. The van der Waals surface area contributed by atoms with Crippen molar-refractivity contribution < 1.29 is 32.5 Å². The lowest BCUT2D eigenvalue weighted by Gasteiger charge is -2.31. The van der Waals surface area contributed by atoms with E-state index in [0.717, 1.165) is 6.08 Å². The van der Waals surface area contributed by atoms with Gasteiger partial charge >= 0.3 is 6.03 Å². The van der Waals surface area contributed by atoms with Crippen LogP contribution in [0.3, 0.4) is 0 Å². The van der Waals surface area contributed by atoms with Crippen LogP contribution in [0.2, 0.25) is 0 Å². The number of hydrogen-bond donors (Lipinski definition) is 2. The molecule has 0 spiro atoms. The number of rotatable bonds is 9. The lowest BCUT2D eigenvalue weighted by molar-refractivity contribution is -0.385. The molecule has 2 N–H and O–H groups in total. The lowest BCUT2D eigenvalue weighted by Crippen LogP contribution is -2.48. The quantitative estimate of drug-likeness (QED) is 0.124. The molecular formula is C18H21N5O8S. The molecule has 0 bridgehead atoms. The molecule has 4 amide bonds. The molecule has 2 saturated heterocycles. The average Bonchev–Trinajstić information content (AvgIpc) is 3.07. The summed E-state index contributed by atoms with van der Waals surface area (Å²) in [5, 5.41) is 15.5. The number of carbonyl (C=O) groups excluding carboxylic acids is 3. The number of amides is 4. The highest BCUT2D eigenvalue weighted by Gasteiger charge is 2.26. The van der Waals surface area contributed by atoms with Gasteiger partial charge in [0, 0.05) is 32.2 Å². The maximum atomic E-state index is 12.4. The standard InChI is InChI=1S/C18H21N5O8S/c24-12-21-4-6-22(7-5-21)32(29,30)9-1-8-31-14-2-3-16(23(27)28)13(10-14)11-15-17(25)20-18(26)19-15/h2-3,10-12H,1,4-9H2,(H2,19,20,25,26). The molecular weight excluding hydrogens is 446 g/mol. The van der Waals surface area contributed by atoms with Gasteiger partial charge in [-0.05, 0) is 24.6 Å². The summed E-state index contributed by atoms with van der Waals surface area (Å²) in [6.45, 7) is 1.22.